The first-order valence-corrected chi connectivity index (χ1v) is 16.6. The number of thioether (sulfide) groups is 1. The zero-order chi connectivity index (χ0) is 33.1. The Morgan fingerprint density at radius 1 is 1.20 bits per heavy atom. The summed E-state index contributed by atoms with van der Waals surface area (Å²) in [6.45, 7) is 7.33. The lowest BCUT2D eigenvalue weighted by atomic mass is 10.1. The van der Waals surface area contributed by atoms with Gasteiger partial charge in [-0.2, -0.15) is 0 Å². The van der Waals surface area contributed by atoms with Gasteiger partial charge in [0, 0.05) is 48.5 Å². The van der Waals surface area contributed by atoms with Crippen molar-refractivity contribution in [3.8, 4) is 5.75 Å². The summed E-state index contributed by atoms with van der Waals surface area (Å²) in [5.74, 6) is 0.890. The number of nitrogens with zero attached hydrogens (tertiary/aromatic N) is 3. The molecular weight excluding hydrogens is 633 g/mol. The molecule has 1 aliphatic rings. The van der Waals surface area contributed by atoms with Crippen molar-refractivity contribution < 1.29 is 28.2 Å². The summed E-state index contributed by atoms with van der Waals surface area (Å²) in [6.07, 6.45) is 7.15. The lowest BCUT2D eigenvalue weighted by Crippen LogP contribution is -2.33. The first-order chi connectivity index (χ1) is 22.1. The molecule has 246 valence electrons. The quantitative estimate of drug-likeness (QED) is 0.120. The summed E-state index contributed by atoms with van der Waals surface area (Å²) in [6, 6.07) is 7.74. The van der Waals surface area contributed by atoms with E-state index in [1.165, 1.54) is 36.3 Å². The monoisotopic (exact) mass is 671 g/mol. The van der Waals surface area contributed by atoms with Gasteiger partial charge in [0.2, 0.25) is 5.91 Å². The van der Waals surface area contributed by atoms with Crippen molar-refractivity contribution in [2.75, 3.05) is 49.2 Å². The number of esters is 1. The number of nitrogens with one attached hydrogen (secondary N) is 2. The van der Waals surface area contributed by atoms with Gasteiger partial charge < -0.3 is 20.1 Å². The topological polar surface area (TPSA) is 123 Å². The minimum Gasteiger partial charge on any atom is -0.491 e. The standard InChI is InChI=1S/C33H39ClFN5O5S/c1-4-44-31(42)18-40(12-13-46-32(43)14-21(2)3)11-5-6-30(41)39-28-16-24-27(17-29(28)45-19-22-7-8-22)36-20-37-33(24)38-23-9-10-26(35)25(34)15-23/h5-6,9-10,15-17,20-22H,4,7-8,11-14,18-19H2,1-3H3,(H,39,41)(H,36,37,38). The fourth-order valence-electron chi connectivity index (χ4n) is 4.39. The molecule has 46 heavy (non-hydrogen) atoms. The molecule has 1 aromatic heterocycles. The molecule has 0 saturated heterocycles. The van der Waals surface area contributed by atoms with Gasteiger partial charge in [-0.05, 0) is 55.9 Å². The number of hydrogen-bond acceptors (Lipinski definition) is 10. The molecule has 1 aliphatic carbocycles. The van der Waals surface area contributed by atoms with Crippen LogP contribution in [0.15, 0.2) is 48.8 Å². The average molecular weight is 672 g/mol. The number of rotatable bonds is 17. The van der Waals surface area contributed by atoms with Crippen molar-refractivity contribution in [3.05, 3.63) is 59.7 Å². The molecule has 0 spiro atoms. The smallest absolute Gasteiger partial charge is 0.320 e. The highest BCUT2D eigenvalue weighted by atomic mass is 35.5. The van der Waals surface area contributed by atoms with Gasteiger partial charge in [-0.3, -0.25) is 19.3 Å². The summed E-state index contributed by atoms with van der Waals surface area (Å²) in [5, 5.41) is 6.73. The fraction of sp³-hybridized carbons (Fsp3) is 0.424. The number of fused-ring (bicyclic) bond motifs is 1. The van der Waals surface area contributed by atoms with Crippen LogP contribution in [0.2, 0.25) is 5.02 Å². The van der Waals surface area contributed by atoms with E-state index in [4.69, 9.17) is 21.1 Å². The van der Waals surface area contributed by atoms with Crippen LogP contribution >= 0.6 is 23.4 Å². The number of amides is 1. The summed E-state index contributed by atoms with van der Waals surface area (Å²) in [4.78, 5) is 48.0. The number of ether oxygens (including phenoxy) is 2. The second-order valence-corrected chi connectivity index (χ2v) is 12.9. The summed E-state index contributed by atoms with van der Waals surface area (Å²) >= 11 is 7.20. The van der Waals surface area contributed by atoms with Gasteiger partial charge in [0.1, 0.15) is 23.7 Å². The molecule has 2 N–H and O–H groups in total. The lowest BCUT2D eigenvalue weighted by molar-refractivity contribution is -0.144. The van der Waals surface area contributed by atoms with Crippen molar-refractivity contribution in [1.82, 2.24) is 14.9 Å². The second kappa shape index (κ2) is 17.3. The van der Waals surface area contributed by atoms with E-state index in [0.717, 1.165) is 12.8 Å². The number of hydrogen-bond donors (Lipinski definition) is 2. The summed E-state index contributed by atoms with van der Waals surface area (Å²) in [7, 11) is 0. The first-order valence-electron chi connectivity index (χ1n) is 15.3. The van der Waals surface area contributed by atoms with Crippen LogP contribution in [0.5, 0.6) is 5.75 Å². The van der Waals surface area contributed by atoms with E-state index < -0.39 is 11.7 Å². The molecule has 1 amide bonds. The molecule has 4 rings (SSSR count). The van der Waals surface area contributed by atoms with E-state index in [-0.39, 0.29) is 35.2 Å². The average Bonchev–Trinajstić information content (AvgIpc) is 3.82. The van der Waals surface area contributed by atoms with Crippen LogP contribution in [0.25, 0.3) is 10.9 Å². The second-order valence-electron chi connectivity index (χ2n) is 11.3. The van der Waals surface area contributed by atoms with Crippen LogP contribution in [0.4, 0.5) is 21.6 Å². The highest BCUT2D eigenvalue weighted by Crippen LogP contribution is 2.36. The molecule has 3 aromatic rings. The van der Waals surface area contributed by atoms with Crippen molar-refractivity contribution in [3.63, 3.8) is 0 Å². The maximum atomic E-state index is 13.7. The SMILES string of the molecule is CCOC(=O)CN(CC=CC(=O)Nc1cc2c(Nc3ccc(F)c(Cl)c3)ncnc2cc1OCC1CC1)CCSC(=O)CC(C)C. The van der Waals surface area contributed by atoms with Gasteiger partial charge in [0.05, 0.1) is 36.0 Å². The van der Waals surface area contributed by atoms with E-state index in [2.05, 4.69) is 20.6 Å². The van der Waals surface area contributed by atoms with Gasteiger partial charge in [-0.15, -0.1) is 0 Å². The maximum Gasteiger partial charge on any atom is 0.320 e. The summed E-state index contributed by atoms with van der Waals surface area (Å²) in [5.41, 5.74) is 1.55. The van der Waals surface area contributed by atoms with Crippen LogP contribution < -0.4 is 15.4 Å². The Kier molecular flexibility index (Phi) is 13.2. The normalized spacial score (nSPS) is 13.0. The molecule has 2 aromatic carbocycles. The molecule has 0 radical (unpaired) electrons. The Bertz CT molecular complexity index is 1570. The van der Waals surface area contributed by atoms with Crippen LogP contribution in [0, 0.1) is 17.7 Å². The molecule has 1 heterocycles. The van der Waals surface area contributed by atoms with Gasteiger partial charge in [0.25, 0.3) is 0 Å². The Morgan fingerprint density at radius 2 is 2.00 bits per heavy atom. The zero-order valence-electron chi connectivity index (χ0n) is 26.2. The van der Waals surface area contributed by atoms with Crippen LogP contribution in [-0.2, 0) is 19.1 Å². The van der Waals surface area contributed by atoms with Gasteiger partial charge >= 0.3 is 5.97 Å². The van der Waals surface area contributed by atoms with Crippen molar-refractivity contribution >= 4 is 68.5 Å². The highest BCUT2D eigenvalue weighted by molar-refractivity contribution is 8.13. The molecule has 1 saturated carbocycles. The van der Waals surface area contributed by atoms with E-state index in [1.54, 1.807) is 31.2 Å². The Morgan fingerprint density at radius 3 is 2.72 bits per heavy atom. The Labute approximate surface area is 277 Å². The molecule has 0 atom stereocenters. The minimum absolute atomic E-state index is 0.0296. The van der Waals surface area contributed by atoms with E-state index >= 15 is 0 Å². The van der Waals surface area contributed by atoms with E-state index in [0.29, 0.717) is 71.6 Å². The Balaban J connectivity index is 1.48. The molecule has 0 unspecified atom stereocenters. The predicted octanol–water partition coefficient (Wildman–Crippen LogP) is 6.62. The number of aromatic nitrogens is 2. The number of carbonyl (C=O) groups is 3. The minimum atomic E-state index is -0.532. The third kappa shape index (κ3) is 11.3. The van der Waals surface area contributed by atoms with Crippen molar-refractivity contribution in [2.24, 2.45) is 11.8 Å². The fourth-order valence-corrected chi connectivity index (χ4v) is 5.60. The van der Waals surface area contributed by atoms with Gasteiger partial charge in [0.15, 0.2) is 5.12 Å². The zero-order valence-corrected chi connectivity index (χ0v) is 27.8. The predicted molar refractivity (Wildman–Crippen MR) is 180 cm³/mol. The molecule has 10 nitrogen and oxygen atoms in total. The van der Waals surface area contributed by atoms with Crippen LogP contribution in [0.3, 0.4) is 0 Å². The first kappa shape index (κ1) is 35.1. The van der Waals surface area contributed by atoms with Crippen molar-refractivity contribution in [1.29, 1.82) is 0 Å². The maximum absolute atomic E-state index is 13.7. The van der Waals surface area contributed by atoms with Crippen LogP contribution in [0.1, 0.15) is 40.0 Å². The Hall–Kier alpha value is -3.74. The number of carbonyl (C=O) groups excluding carboxylic acids is 3. The van der Waals surface area contributed by atoms with Crippen molar-refractivity contribution in [2.45, 2.75) is 40.0 Å². The molecule has 1 fully saturated rings. The van der Waals surface area contributed by atoms with Gasteiger partial charge in [-0.1, -0.05) is 43.3 Å². The molecule has 13 heteroatoms. The molecular formula is C33H39ClFN5O5S. The largest absolute Gasteiger partial charge is 0.491 e. The number of benzene rings is 2. The van der Waals surface area contributed by atoms with E-state index in [1.807, 2.05) is 18.7 Å². The van der Waals surface area contributed by atoms with E-state index in [9.17, 15) is 18.8 Å². The van der Waals surface area contributed by atoms with Gasteiger partial charge in [-0.25, -0.2) is 14.4 Å². The lowest BCUT2D eigenvalue weighted by Gasteiger charge is -2.19. The summed E-state index contributed by atoms with van der Waals surface area (Å²) < 4.78 is 24.9. The third-order valence-corrected chi connectivity index (χ3v) is 8.05. The highest BCUT2D eigenvalue weighted by Gasteiger charge is 2.23. The molecule has 0 aliphatic heterocycles. The molecule has 0 bridgehead atoms. The number of halogens is 2. The number of anilines is 3. The van der Waals surface area contributed by atoms with Crippen LogP contribution in [-0.4, -0.2) is 70.5 Å². The third-order valence-electron chi connectivity index (χ3n) is 6.88.